The molecule has 2 aliphatic rings. The van der Waals surface area contributed by atoms with Gasteiger partial charge in [0.15, 0.2) is 5.60 Å². The maximum absolute atomic E-state index is 10.9. The van der Waals surface area contributed by atoms with Crippen molar-refractivity contribution in [2.75, 3.05) is 0 Å². The molecule has 0 aromatic heterocycles. The van der Waals surface area contributed by atoms with E-state index in [9.17, 15) is 4.79 Å². The molecule has 1 heterocycles. The van der Waals surface area contributed by atoms with Gasteiger partial charge in [-0.2, -0.15) is 0 Å². The van der Waals surface area contributed by atoms with E-state index < -0.39 is 11.6 Å². The van der Waals surface area contributed by atoms with E-state index in [1.54, 1.807) is 0 Å². The van der Waals surface area contributed by atoms with Crippen LogP contribution in [0.4, 0.5) is 0 Å². The number of carboxylic acids is 1. The summed E-state index contributed by atoms with van der Waals surface area (Å²) in [4.78, 5) is 10.9. The topological polar surface area (TPSA) is 46.5 Å². The van der Waals surface area contributed by atoms with Crippen LogP contribution in [0.25, 0.3) is 0 Å². The Morgan fingerprint density at radius 1 is 1.58 bits per heavy atom. The Morgan fingerprint density at radius 3 is 2.50 bits per heavy atom. The molecule has 2 rings (SSSR count). The molecule has 2 fully saturated rings. The first-order valence-corrected chi connectivity index (χ1v) is 4.40. The van der Waals surface area contributed by atoms with Crippen LogP contribution < -0.4 is 0 Å². The second kappa shape index (κ2) is 2.02. The molecular formula is C9H14O3. The van der Waals surface area contributed by atoms with Gasteiger partial charge in [0.05, 0.1) is 5.60 Å². The van der Waals surface area contributed by atoms with E-state index in [1.165, 1.54) is 0 Å². The van der Waals surface area contributed by atoms with Gasteiger partial charge in [-0.15, -0.1) is 0 Å². The summed E-state index contributed by atoms with van der Waals surface area (Å²) in [7, 11) is 0. The predicted octanol–water partition coefficient (Wildman–Crippen LogP) is 1.42. The van der Waals surface area contributed by atoms with E-state index in [2.05, 4.69) is 0 Å². The highest BCUT2D eigenvalue weighted by atomic mass is 16.6. The molecule has 1 aliphatic heterocycles. The van der Waals surface area contributed by atoms with Crippen LogP contribution in [-0.4, -0.2) is 22.3 Å². The van der Waals surface area contributed by atoms with Crippen LogP contribution in [0.5, 0.6) is 0 Å². The summed E-state index contributed by atoms with van der Waals surface area (Å²) in [5.41, 5.74) is -1.06. The molecule has 1 aliphatic carbocycles. The van der Waals surface area contributed by atoms with Crippen LogP contribution in [-0.2, 0) is 9.53 Å². The molecule has 12 heavy (non-hydrogen) atoms. The Labute approximate surface area is 71.7 Å². The summed E-state index contributed by atoms with van der Waals surface area (Å²) in [6, 6.07) is 0. The summed E-state index contributed by atoms with van der Waals surface area (Å²) in [6.07, 6.45) is 2.39. The standard InChI is InChI=1S/C9H14O3/c1-8(2)6-3-4-9(5-6,12-8)7(10)11/h6H,3-5H2,1-2H3,(H,10,11). The van der Waals surface area contributed by atoms with E-state index in [0.717, 1.165) is 6.42 Å². The molecule has 0 aromatic rings. The lowest BCUT2D eigenvalue weighted by molar-refractivity contribution is -0.177. The van der Waals surface area contributed by atoms with Crippen molar-refractivity contribution < 1.29 is 14.6 Å². The largest absolute Gasteiger partial charge is 0.479 e. The lowest BCUT2D eigenvalue weighted by atomic mass is 9.91. The average molecular weight is 170 g/mol. The number of hydrogen-bond donors (Lipinski definition) is 1. The number of aliphatic carboxylic acids is 1. The van der Waals surface area contributed by atoms with E-state index in [1.807, 2.05) is 13.8 Å². The van der Waals surface area contributed by atoms with Gasteiger partial charge in [0.25, 0.3) is 0 Å². The van der Waals surface area contributed by atoms with E-state index >= 15 is 0 Å². The number of rotatable bonds is 1. The number of carbonyl (C=O) groups is 1. The zero-order valence-corrected chi connectivity index (χ0v) is 7.46. The first-order valence-electron chi connectivity index (χ1n) is 4.40. The molecule has 1 saturated carbocycles. The van der Waals surface area contributed by atoms with E-state index in [4.69, 9.17) is 9.84 Å². The zero-order chi connectivity index (χ0) is 8.98. The Bertz CT molecular complexity index is 234. The van der Waals surface area contributed by atoms with Gasteiger partial charge in [0.2, 0.25) is 0 Å². The highest BCUT2D eigenvalue weighted by Gasteiger charge is 2.59. The molecule has 3 heteroatoms. The van der Waals surface area contributed by atoms with Crippen molar-refractivity contribution in [1.29, 1.82) is 0 Å². The van der Waals surface area contributed by atoms with Crippen molar-refractivity contribution in [3.8, 4) is 0 Å². The molecule has 0 aromatic carbocycles. The molecule has 2 unspecified atom stereocenters. The molecular weight excluding hydrogens is 156 g/mol. The Balaban J connectivity index is 2.29. The number of fused-ring (bicyclic) bond motifs is 2. The third kappa shape index (κ3) is 0.829. The number of hydrogen-bond acceptors (Lipinski definition) is 2. The monoisotopic (exact) mass is 170 g/mol. The summed E-state index contributed by atoms with van der Waals surface area (Å²) >= 11 is 0. The maximum Gasteiger partial charge on any atom is 0.336 e. The van der Waals surface area contributed by atoms with E-state index in [0.29, 0.717) is 18.8 Å². The normalized spacial score (nSPS) is 43.3. The predicted molar refractivity (Wildman–Crippen MR) is 42.9 cm³/mol. The fourth-order valence-electron chi connectivity index (χ4n) is 2.52. The summed E-state index contributed by atoms with van der Waals surface area (Å²) < 4.78 is 5.60. The second-order valence-electron chi connectivity index (χ2n) is 4.44. The van der Waals surface area contributed by atoms with Gasteiger partial charge in [-0.05, 0) is 39.0 Å². The van der Waals surface area contributed by atoms with Crippen molar-refractivity contribution in [1.82, 2.24) is 0 Å². The van der Waals surface area contributed by atoms with Crippen LogP contribution in [0.15, 0.2) is 0 Å². The Morgan fingerprint density at radius 2 is 2.25 bits per heavy atom. The van der Waals surface area contributed by atoms with Gasteiger partial charge in [0, 0.05) is 0 Å². The molecule has 2 bridgehead atoms. The van der Waals surface area contributed by atoms with Crippen LogP contribution >= 0.6 is 0 Å². The highest BCUT2D eigenvalue weighted by molar-refractivity contribution is 5.78. The van der Waals surface area contributed by atoms with Gasteiger partial charge in [-0.1, -0.05) is 0 Å². The van der Waals surface area contributed by atoms with Gasteiger partial charge in [0.1, 0.15) is 0 Å². The molecule has 0 spiro atoms. The minimum absolute atomic E-state index is 0.226. The first kappa shape index (κ1) is 8.05. The average Bonchev–Trinajstić information content (AvgIpc) is 2.41. The Hall–Kier alpha value is -0.570. The zero-order valence-electron chi connectivity index (χ0n) is 7.46. The SMILES string of the molecule is CC1(C)OC2(C(=O)O)CCC1C2. The molecule has 2 atom stereocenters. The molecule has 68 valence electrons. The lowest BCUT2D eigenvalue weighted by Crippen LogP contribution is -2.42. The quantitative estimate of drug-likeness (QED) is 0.647. The molecule has 1 saturated heterocycles. The highest BCUT2D eigenvalue weighted by Crippen LogP contribution is 2.53. The minimum Gasteiger partial charge on any atom is -0.479 e. The van der Waals surface area contributed by atoms with Crippen LogP contribution in [0.1, 0.15) is 33.1 Å². The van der Waals surface area contributed by atoms with Crippen molar-refractivity contribution >= 4 is 5.97 Å². The number of ether oxygens (including phenoxy) is 1. The second-order valence-corrected chi connectivity index (χ2v) is 4.44. The van der Waals surface area contributed by atoms with Crippen LogP contribution in [0.2, 0.25) is 0 Å². The third-order valence-corrected chi connectivity index (χ3v) is 3.30. The number of carboxylic acid groups (broad SMARTS) is 1. The smallest absolute Gasteiger partial charge is 0.336 e. The summed E-state index contributed by atoms with van der Waals surface area (Å²) in [5.74, 6) is -0.343. The molecule has 0 amide bonds. The van der Waals surface area contributed by atoms with Gasteiger partial charge < -0.3 is 9.84 Å². The molecule has 1 N–H and O–H groups in total. The van der Waals surface area contributed by atoms with Gasteiger partial charge >= 0.3 is 5.97 Å². The van der Waals surface area contributed by atoms with Crippen molar-refractivity contribution in [2.45, 2.75) is 44.3 Å². The lowest BCUT2D eigenvalue weighted by Gasteiger charge is -2.33. The van der Waals surface area contributed by atoms with Gasteiger partial charge in [-0.25, -0.2) is 4.79 Å². The summed E-state index contributed by atoms with van der Waals surface area (Å²) in [5, 5.41) is 9.00. The third-order valence-electron chi connectivity index (χ3n) is 3.30. The van der Waals surface area contributed by atoms with Crippen LogP contribution in [0.3, 0.4) is 0 Å². The minimum atomic E-state index is -0.839. The van der Waals surface area contributed by atoms with Crippen molar-refractivity contribution in [3.05, 3.63) is 0 Å². The van der Waals surface area contributed by atoms with Crippen LogP contribution in [0, 0.1) is 5.92 Å². The fourth-order valence-corrected chi connectivity index (χ4v) is 2.52. The van der Waals surface area contributed by atoms with Crippen molar-refractivity contribution in [3.63, 3.8) is 0 Å². The maximum atomic E-state index is 10.9. The fraction of sp³-hybridized carbons (Fsp3) is 0.889. The van der Waals surface area contributed by atoms with E-state index in [-0.39, 0.29) is 5.60 Å². The van der Waals surface area contributed by atoms with Crippen molar-refractivity contribution in [2.24, 2.45) is 5.92 Å². The first-order chi connectivity index (χ1) is 5.46. The molecule has 0 radical (unpaired) electrons. The van der Waals surface area contributed by atoms with Gasteiger partial charge in [-0.3, -0.25) is 0 Å². The molecule has 3 nitrogen and oxygen atoms in total. The Kier molecular flexibility index (Phi) is 1.35. The summed E-state index contributed by atoms with van der Waals surface area (Å²) in [6.45, 7) is 3.98.